The molecule has 2 atom stereocenters. The summed E-state index contributed by atoms with van der Waals surface area (Å²) >= 11 is 1.56. The van der Waals surface area contributed by atoms with Crippen LogP contribution in [0.4, 0.5) is 10.5 Å². The van der Waals surface area contributed by atoms with Crippen LogP contribution in [0, 0.1) is 12.3 Å². The lowest BCUT2D eigenvalue weighted by molar-refractivity contribution is -0.146. The van der Waals surface area contributed by atoms with Crippen molar-refractivity contribution in [1.29, 1.82) is 0 Å². The Morgan fingerprint density at radius 3 is 2.17 bits per heavy atom. The van der Waals surface area contributed by atoms with Crippen molar-refractivity contribution >= 4 is 46.1 Å². The topological polar surface area (TPSA) is 87.7 Å². The van der Waals surface area contributed by atoms with E-state index in [9.17, 15) is 14.4 Å². The SMILES string of the molecule is C#Cc1ccc(C(C(=O)Nc2ccc3ccccc3c2)N(C(=O)C(CCSC)NC(=O)OC(C)(C)C)C(C)(C)C)cc1. The number of alkyl carbamates (subject to hydrolysis) is 1. The molecular weight excluding hydrogens is 546 g/mol. The van der Waals surface area contributed by atoms with E-state index in [0.29, 0.717) is 29.0 Å². The molecule has 0 saturated heterocycles. The van der Waals surface area contributed by atoms with Gasteiger partial charge in [-0.2, -0.15) is 11.8 Å². The monoisotopic (exact) mass is 587 g/mol. The van der Waals surface area contributed by atoms with Crippen LogP contribution < -0.4 is 10.6 Å². The van der Waals surface area contributed by atoms with E-state index < -0.39 is 29.3 Å². The van der Waals surface area contributed by atoms with Crippen molar-refractivity contribution in [2.24, 2.45) is 0 Å². The second-order valence-electron chi connectivity index (χ2n) is 12.1. The first kappa shape index (κ1) is 32.6. The number of nitrogens with one attached hydrogen (secondary N) is 2. The van der Waals surface area contributed by atoms with Crippen LogP contribution in [0.2, 0.25) is 0 Å². The van der Waals surface area contributed by atoms with Crippen LogP contribution in [0.5, 0.6) is 0 Å². The van der Waals surface area contributed by atoms with Gasteiger partial charge in [0, 0.05) is 16.8 Å². The van der Waals surface area contributed by atoms with Crippen molar-refractivity contribution < 1.29 is 19.1 Å². The second-order valence-corrected chi connectivity index (χ2v) is 13.1. The third-order valence-corrected chi connectivity index (χ3v) is 7.12. The number of fused-ring (bicyclic) bond motifs is 1. The van der Waals surface area contributed by atoms with Crippen molar-refractivity contribution in [1.82, 2.24) is 10.2 Å². The summed E-state index contributed by atoms with van der Waals surface area (Å²) in [6.45, 7) is 10.9. The number of hydrogen-bond donors (Lipinski definition) is 2. The molecule has 8 heteroatoms. The molecule has 0 aliphatic rings. The molecule has 0 spiro atoms. The molecular formula is C34H41N3O4S. The first-order valence-corrected chi connectivity index (χ1v) is 15.3. The Hall–Kier alpha value is -3.96. The number of ether oxygens (including phenoxy) is 1. The molecule has 3 aromatic carbocycles. The highest BCUT2D eigenvalue weighted by Crippen LogP contribution is 2.32. The summed E-state index contributed by atoms with van der Waals surface area (Å²) in [4.78, 5) is 42.9. The molecule has 42 heavy (non-hydrogen) atoms. The minimum absolute atomic E-state index is 0.362. The predicted molar refractivity (Wildman–Crippen MR) is 172 cm³/mol. The van der Waals surface area contributed by atoms with Crippen molar-refractivity contribution in [2.75, 3.05) is 17.3 Å². The molecule has 0 saturated carbocycles. The van der Waals surface area contributed by atoms with Crippen LogP contribution in [0.25, 0.3) is 10.8 Å². The maximum atomic E-state index is 14.4. The molecule has 0 aliphatic heterocycles. The van der Waals surface area contributed by atoms with Gasteiger partial charge < -0.3 is 20.3 Å². The van der Waals surface area contributed by atoms with Gasteiger partial charge >= 0.3 is 6.09 Å². The van der Waals surface area contributed by atoms with Crippen LogP contribution in [0.1, 0.15) is 65.1 Å². The van der Waals surface area contributed by atoms with Crippen LogP contribution in [0.15, 0.2) is 66.7 Å². The van der Waals surface area contributed by atoms with Gasteiger partial charge in [0.25, 0.3) is 5.91 Å². The Bertz CT molecular complexity index is 1450. The molecule has 3 aromatic rings. The quantitative estimate of drug-likeness (QED) is 0.270. The van der Waals surface area contributed by atoms with Gasteiger partial charge in [0.2, 0.25) is 5.91 Å². The molecule has 0 aliphatic carbocycles. The Kier molecular flexibility index (Phi) is 10.7. The molecule has 3 rings (SSSR count). The Morgan fingerprint density at radius 1 is 0.952 bits per heavy atom. The number of carbonyl (C=O) groups excluding carboxylic acids is 3. The largest absolute Gasteiger partial charge is 0.444 e. The standard InChI is InChI=1S/C34H41N3O4S/c1-9-23-14-16-25(17-15-23)29(30(38)35-27-19-18-24-12-10-11-13-26(24)22-27)37(33(2,3)4)31(39)28(20-21-42-8)36-32(40)41-34(5,6)7/h1,10-19,22,28-29H,20-21H2,2-8H3,(H,35,38)(H,36,40). The summed E-state index contributed by atoms with van der Waals surface area (Å²) in [5.41, 5.74) is 0.320. The molecule has 7 nitrogen and oxygen atoms in total. The Balaban J connectivity index is 2.07. The number of carbonyl (C=O) groups is 3. The van der Waals surface area contributed by atoms with Gasteiger partial charge in [-0.25, -0.2) is 4.79 Å². The van der Waals surface area contributed by atoms with E-state index in [0.717, 1.165) is 10.8 Å². The van der Waals surface area contributed by atoms with Gasteiger partial charge in [0.15, 0.2) is 0 Å². The minimum atomic E-state index is -1.02. The van der Waals surface area contributed by atoms with E-state index >= 15 is 0 Å². The van der Waals surface area contributed by atoms with E-state index in [1.54, 1.807) is 61.7 Å². The van der Waals surface area contributed by atoms with E-state index in [1.807, 2.05) is 69.5 Å². The Labute approximate surface area is 253 Å². The van der Waals surface area contributed by atoms with Crippen LogP contribution in [-0.4, -0.2) is 52.0 Å². The highest BCUT2D eigenvalue weighted by atomic mass is 32.2. The van der Waals surface area contributed by atoms with Crippen molar-refractivity contribution in [2.45, 2.75) is 71.2 Å². The summed E-state index contributed by atoms with van der Waals surface area (Å²) < 4.78 is 5.47. The van der Waals surface area contributed by atoms with Gasteiger partial charge in [-0.1, -0.05) is 48.4 Å². The fraction of sp³-hybridized carbons (Fsp3) is 0.382. The number of nitrogens with zero attached hydrogens (tertiary/aromatic N) is 1. The van der Waals surface area contributed by atoms with Gasteiger partial charge in [-0.05, 0) is 101 Å². The summed E-state index contributed by atoms with van der Waals surface area (Å²) in [7, 11) is 0. The van der Waals surface area contributed by atoms with Gasteiger partial charge in [0.05, 0.1) is 0 Å². The molecule has 0 radical (unpaired) electrons. The molecule has 2 unspecified atom stereocenters. The summed E-state index contributed by atoms with van der Waals surface area (Å²) in [5.74, 6) is 2.45. The lowest BCUT2D eigenvalue weighted by Crippen LogP contribution is -2.58. The number of hydrogen-bond acceptors (Lipinski definition) is 5. The lowest BCUT2D eigenvalue weighted by atomic mass is 9.94. The highest BCUT2D eigenvalue weighted by Gasteiger charge is 2.41. The fourth-order valence-corrected chi connectivity index (χ4v) is 5.08. The third kappa shape index (κ3) is 8.77. The number of amides is 3. The van der Waals surface area contributed by atoms with E-state index in [1.165, 1.54) is 0 Å². The predicted octanol–water partition coefficient (Wildman–Crippen LogP) is 6.77. The molecule has 222 valence electrons. The number of anilines is 1. The van der Waals surface area contributed by atoms with Gasteiger partial charge in [0.1, 0.15) is 17.7 Å². The van der Waals surface area contributed by atoms with E-state index in [-0.39, 0.29) is 11.8 Å². The van der Waals surface area contributed by atoms with Gasteiger partial charge in [-0.15, -0.1) is 6.42 Å². The minimum Gasteiger partial charge on any atom is -0.444 e. The number of benzene rings is 3. The summed E-state index contributed by atoms with van der Waals surface area (Å²) in [6, 6.07) is 18.7. The van der Waals surface area contributed by atoms with Gasteiger partial charge in [-0.3, -0.25) is 9.59 Å². The molecule has 0 heterocycles. The van der Waals surface area contributed by atoms with Crippen molar-refractivity contribution in [3.8, 4) is 12.3 Å². The molecule has 0 aromatic heterocycles. The molecule has 2 N–H and O–H groups in total. The first-order chi connectivity index (χ1) is 19.7. The first-order valence-electron chi connectivity index (χ1n) is 13.9. The van der Waals surface area contributed by atoms with Crippen molar-refractivity contribution in [3.05, 3.63) is 77.9 Å². The average Bonchev–Trinajstić information content (AvgIpc) is 2.91. The average molecular weight is 588 g/mol. The zero-order valence-electron chi connectivity index (χ0n) is 25.5. The van der Waals surface area contributed by atoms with Crippen LogP contribution in [-0.2, 0) is 14.3 Å². The highest BCUT2D eigenvalue weighted by molar-refractivity contribution is 7.98. The third-order valence-electron chi connectivity index (χ3n) is 6.48. The number of terminal acetylenes is 1. The number of rotatable bonds is 9. The number of thioether (sulfide) groups is 1. The fourth-order valence-electron chi connectivity index (χ4n) is 4.61. The maximum Gasteiger partial charge on any atom is 0.408 e. The lowest BCUT2D eigenvalue weighted by Gasteiger charge is -2.43. The maximum absolute atomic E-state index is 14.4. The molecule has 3 amide bonds. The van der Waals surface area contributed by atoms with Crippen LogP contribution in [0.3, 0.4) is 0 Å². The van der Waals surface area contributed by atoms with Crippen LogP contribution >= 0.6 is 11.8 Å². The summed E-state index contributed by atoms with van der Waals surface area (Å²) in [5, 5.41) is 7.83. The molecule has 0 bridgehead atoms. The molecule has 0 fully saturated rings. The second kappa shape index (κ2) is 13.8. The zero-order valence-corrected chi connectivity index (χ0v) is 26.3. The Morgan fingerprint density at radius 2 is 1.60 bits per heavy atom. The van der Waals surface area contributed by atoms with E-state index in [2.05, 4.69) is 16.6 Å². The summed E-state index contributed by atoms with van der Waals surface area (Å²) in [6.07, 6.45) is 7.20. The zero-order chi connectivity index (χ0) is 31.1. The van der Waals surface area contributed by atoms with E-state index in [4.69, 9.17) is 11.2 Å². The normalized spacial score (nSPS) is 13.0. The smallest absolute Gasteiger partial charge is 0.408 e. The van der Waals surface area contributed by atoms with Crippen molar-refractivity contribution in [3.63, 3.8) is 0 Å².